The van der Waals surface area contributed by atoms with Crippen molar-refractivity contribution in [2.24, 2.45) is 5.92 Å². The van der Waals surface area contributed by atoms with Crippen LogP contribution in [0.2, 0.25) is 0 Å². The van der Waals surface area contributed by atoms with Crippen LogP contribution < -0.4 is 0 Å². The fourth-order valence-electron chi connectivity index (χ4n) is 1.22. The zero-order valence-corrected chi connectivity index (χ0v) is 10.7. The van der Waals surface area contributed by atoms with Gasteiger partial charge in [0.25, 0.3) is 0 Å². The van der Waals surface area contributed by atoms with Crippen LogP contribution in [0.25, 0.3) is 0 Å². The minimum absolute atomic E-state index is 0.113. The van der Waals surface area contributed by atoms with E-state index in [1.54, 1.807) is 0 Å². The van der Waals surface area contributed by atoms with Gasteiger partial charge < -0.3 is 9.47 Å². The largest absolute Gasteiger partial charge is 0.453 e. The summed E-state index contributed by atoms with van der Waals surface area (Å²) in [4.78, 5) is 11.5. The van der Waals surface area contributed by atoms with E-state index in [0.717, 1.165) is 12.8 Å². The lowest BCUT2D eigenvalue weighted by atomic mass is 10.2. The van der Waals surface area contributed by atoms with Crippen LogP contribution in [-0.2, 0) is 14.3 Å². The molecular formula is C12H19ClO3. The third-order valence-electron chi connectivity index (χ3n) is 2.38. The first-order valence-corrected chi connectivity index (χ1v) is 6.07. The minimum Gasteiger partial charge on any atom is -0.453 e. The first-order chi connectivity index (χ1) is 7.49. The number of alkyl halides is 1. The van der Waals surface area contributed by atoms with Crippen LogP contribution in [0.15, 0.2) is 12.2 Å². The van der Waals surface area contributed by atoms with Gasteiger partial charge in [0.2, 0.25) is 0 Å². The topological polar surface area (TPSA) is 35.5 Å². The smallest absolute Gasteiger partial charge is 0.335 e. The summed E-state index contributed by atoms with van der Waals surface area (Å²) < 4.78 is 10.8. The Kier molecular flexibility index (Phi) is 4.81. The van der Waals surface area contributed by atoms with Crippen molar-refractivity contribution >= 4 is 17.6 Å². The highest BCUT2D eigenvalue weighted by molar-refractivity contribution is 6.22. The molecular weight excluding hydrogens is 228 g/mol. The van der Waals surface area contributed by atoms with Gasteiger partial charge in [-0.2, -0.15) is 0 Å². The fraction of sp³-hybridized carbons (Fsp3) is 0.750. The van der Waals surface area contributed by atoms with Gasteiger partial charge in [0, 0.05) is 12.2 Å². The molecule has 0 N–H and O–H groups in total. The van der Waals surface area contributed by atoms with Crippen LogP contribution in [-0.4, -0.2) is 30.7 Å². The number of hydrogen-bond donors (Lipinski definition) is 0. The van der Waals surface area contributed by atoms with E-state index < -0.39 is 11.6 Å². The van der Waals surface area contributed by atoms with Crippen LogP contribution in [0.3, 0.4) is 0 Å². The van der Waals surface area contributed by atoms with Gasteiger partial charge in [0.05, 0.1) is 12.5 Å². The molecule has 0 atom stereocenters. The van der Waals surface area contributed by atoms with Crippen molar-refractivity contribution in [1.82, 2.24) is 0 Å². The van der Waals surface area contributed by atoms with E-state index in [2.05, 4.69) is 20.4 Å². The molecule has 1 aliphatic carbocycles. The summed E-state index contributed by atoms with van der Waals surface area (Å²) in [6.45, 7) is 8.88. The lowest BCUT2D eigenvalue weighted by Gasteiger charge is -2.17. The Morgan fingerprint density at radius 2 is 2.12 bits per heavy atom. The summed E-state index contributed by atoms with van der Waals surface area (Å²) in [5.41, 5.74) is -0.0992. The van der Waals surface area contributed by atoms with E-state index in [-0.39, 0.29) is 5.88 Å². The highest BCUT2D eigenvalue weighted by Crippen LogP contribution is 2.40. The highest BCUT2D eigenvalue weighted by atomic mass is 35.5. The Morgan fingerprint density at radius 1 is 1.50 bits per heavy atom. The van der Waals surface area contributed by atoms with E-state index in [1.165, 1.54) is 0 Å². The molecule has 0 aromatic heterocycles. The molecule has 92 valence electrons. The molecule has 1 aliphatic rings. The summed E-state index contributed by atoms with van der Waals surface area (Å²) in [5.74, 6) is 0.201. The molecule has 3 nitrogen and oxygen atoms in total. The van der Waals surface area contributed by atoms with Gasteiger partial charge in [-0.15, -0.1) is 11.6 Å². The Labute approximate surface area is 102 Å². The molecule has 0 saturated heterocycles. The molecule has 0 radical (unpaired) electrons. The molecule has 0 amide bonds. The van der Waals surface area contributed by atoms with E-state index in [4.69, 9.17) is 21.1 Å². The minimum atomic E-state index is -0.402. The van der Waals surface area contributed by atoms with E-state index in [0.29, 0.717) is 24.7 Å². The predicted octanol–water partition coefficient (Wildman–Crippen LogP) is 2.53. The van der Waals surface area contributed by atoms with Gasteiger partial charge in [-0.3, -0.25) is 0 Å². The molecule has 0 spiro atoms. The van der Waals surface area contributed by atoms with Gasteiger partial charge in [0.1, 0.15) is 5.60 Å². The van der Waals surface area contributed by atoms with Crippen molar-refractivity contribution in [1.29, 1.82) is 0 Å². The number of carbonyl (C=O) groups excluding carboxylic acids is 1. The maximum Gasteiger partial charge on any atom is 0.335 e. The normalized spacial score (nSPS) is 17.2. The molecule has 1 rings (SSSR count). The number of esters is 1. The number of hydrogen-bond acceptors (Lipinski definition) is 3. The van der Waals surface area contributed by atoms with Crippen LogP contribution in [0.5, 0.6) is 0 Å². The summed E-state index contributed by atoms with van der Waals surface area (Å²) in [6, 6.07) is 0. The Bertz CT molecular complexity index is 269. The molecule has 0 unspecified atom stereocenters. The second-order valence-corrected chi connectivity index (χ2v) is 4.99. The molecule has 0 aliphatic heterocycles. The van der Waals surface area contributed by atoms with Gasteiger partial charge in [-0.05, 0) is 18.8 Å². The van der Waals surface area contributed by atoms with Gasteiger partial charge in [-0.1, -0.05) is 20.4 Å². The van der Waals surface area contributed by atoms with Gasteiger partial charge in [0.15, 0.2) is 0 Å². The molecule has 1 fully saturated rings. The molecule has 0 bridgehead atoms. The summed E-state index contributed by atoms with van der Waals surface area (Å²) in [7, 11) is 0. The van der Waals surface area contributed by atoms with Crippen molar-refractivity contribution in [2.75, 3.05) is 19.1 Å². The van der Waals surface area contributed by atoms with Gasteiger partial charge >= 0.3 is 5.97 Å². The molecule has 0 aromatic carbocycles. The standard InChI is InChI=1S/C12H19ClO3/c1-9(2)7-15-8-12(4-5-12)16-11(14)10(3)6-13/h9H,3-8H2,1-2H3. The van der Waals surface area contributed by atoms with Crippen LogP contribution in [0.1, 0.15) is 26.7 Å². The first-order valence-electron chi connectivity index (χ1n) is 5.54. The molecule has 16 heavy (non-hydrogen) atoms. The maximum atomic E-state index is 11.5. The first kappa shape index (κ1) is 13.5. The molecule has 4 heteroatoms. The van der Waals surface area contributed by atoms with Crippen molar-refractivity contribution in [3.8, 4) is 0 Å². The number of carbonyl (C=O) groups is 1. The predicted molar refractivity (Wildman–Crippen MR) is 63.6 cm³/mol. The molecule has 1 saturated carbocycles. The van der Waals surface area contributed by atoms with Crippen molar-refractivity contribution in [3.63, 3.8) is 0 Å². The zero-order valence-electron chi connectivity index (χ0n) is 9.92. The number of ether oxygens (including phenoxy) is 2. The average Bonchev–Trinajstić information content (AvgIpc) is 2.96. The van der Waals surface area contributed by atoms with E-state index in [1.807, 2.05) is 0 Å². The van der Waals surface area contributed by atoms with Crippen molar-refractivity contribution in [3.05, 3.63) is 12.2 Å². The van der Waals surface area contributed by atoms with Crippen molar-refractivity contribution < 1.29 is 14.3 Å². The highest BCUT2D eigenvalue weighted by Gasteiger charge is 2.47. The maximum absolute atomic E-state index is 11.5. The summed E-state index contributed by atoms with van der Waals surface area (Å²) >= 11 is 5.51. The average molecular weight is 247 g/mol. The Hall–Kier alpha value is -0.540. The molecule has 0 aromatic rings. The lowest BCUT2D eigenvalue weighted by Crippen LogP contribution is -2.27. The molecule has 0 heterocycles. The number of rotatable bonds is 7. The van der Waals surface area contributed by atoms with Crippen LogP contribution >= 0.6 is 11.6 Å². The van der Waals surface area contributed by atoms with Crippen LogP contribution in [0.4, 0.5) is 0 Å². The van der Waals surface area contributed by atoms with E-state index >= 15 is 0 Å². The monoisotopic (exact) mass is 246 g/mol. The zero-order chi connectivity index (χ0) is 12.2. The van der Waals surface area contributed by atoms with E-state index in [9.17, 15) is 4.79 Å². The number of halogens is 1. The Morgan fingerprint density at radius 3 is 2.56 bits per heavy atom. The summed E-state index contributed by atoms with van der Waals surface area (Å²) in [6.07, 6.45) is 1.73. The van der Waals surface area contributed by atoms with Crippen LogP contribution in [0, 0.1) is 5.92 Å². The second-order valence-electron chi connectivity index (χ2n) is 4.72. The third kappa shape index (κ3) is 4.14. The second kappa shape index (κ2) is 5.69. The Balaban J connectivity index is 2.30. The van der Waals surface area contributed by atoms with Crippen molar-refractivity contribution in [2.45, 2.75) is 32.3 Å². The SMILES string of the molecule is C=C(CCl)C(=O)OC1(COCC(C)C)CC1. The van der Waals surface area contributed by atoms with Gasteiger partial charge in [-0.25, -0.2) is 4.79 Å². The lowest BCUT2D eigenvalue weighted by molar-refractivity contribution is -0.150. The third-order valence-corrected chi connectivity index (χ3v) is 2.71. The quantitative estimate of drug-likeness (QED) is 0.393. The summed E-state index contributed by atoms with van der Waals surface area (Å²) in [5, 5.41) is 0. The fourth-order valence-corrected chi connectivity index (χ4v) is 1.33.